The molecule has 0 saturated heterocycles. The monoisotopic (exact) mass is 279 g/mol. The summed E-state index contributed by atoms with van der Waals surface area (Å²) in [6, 6.07) is 6.12. The Morgan fingerprint density at radius 2 is 2.10 bits per heavy atom. The molecule has 1 rings (SSSR count). The third-order valence-electron chi connectivity index (χ3n) is 2.75. The van der Waals surface area contributed by atoms with E-state index in [2.05, 4.69) is 5.32 Å². The first-order chi connectivity index (χ1) is 9.45. The van der Waals surface area contributed by atoms with Gasteiger partial charge in [-0.3, -0.25) is 9.59 Å². The molecule has 1 aromatic rings. The van der Waals surface area contributed by atoms with Crippen molar-refractivity contribution in [2.24, 2.45) is 5.73 Å². The molecule has 0 aliphatic rings. The fraction of sp³-hybridized carbons (Fsp3) is 0.429. The maximum absolute atomic E-state index is 11.8. The van der Waals surface area contributed by atoms with Gasteiger partial charge in [0.25, 0.3) is 5.91 Å². The Morgan fingerprint density at radius 1 is 1.40 bits per heavy atom. The molecule has 0 saturated carbocycles. The van der Waals surface area contributed by atoms with E-state index in [-0.39, 0.29) is 11.8 Å². The lowest BCUT2D eigenvalue weighted by molar-refractivity contribution is -0.117. The van der Waals surface area contributed by atoms with E-state index in [1.165, 1.54) is 4.90 Å². The van der Waals surface area contributed by atoms with E-state index < -0.39 is 6.04 Å². The number of nitrogens with zero attached hydrogens (tertiary/aromatic N) is 1. The predicted molar refractivity (Wildman–Crippen MR) is 77.6 cm³/mol. The zero-order valence-electron chi connectivity index (χ0n) is 12.1. The molecule has 3 N–H and O–H groups in total. The van der Waals surface area contributed by atoms with Crippen LogP contribution in [0.5, 0.6) is 0 Å². The molecular weight excluding hydrogens is 258 g/mol. The number of nitrogens with one attached hydrogen (secondary N) is 1. The second kappa shape index (κ2) is 7.62. The SMILES string of the molecule is COCCC(N)C(=O)Nc1cccc(C(=O)N(C)C)c1. The summed E-state index contributed by atoms with van der Waals surface area (Å²) in [6.45, 7) is 0.424. The minimum Gasteiger partial charge on any atom is -0.385 e. The molecule has 110 valence electrons. The number of hydrogen-bond acceptors (Lipinski definition) is 4. The van der Waals surface area contributed by atoms with Gasteiger partial charge in [0.2, 0.25) is 5.91 Å². The molecule has 6 heteroatoms. The molecule has 2 amide bonds. The van der Waals surface area contributed by atoms with Crippen LogP contribution >= 0.6 is 0 Å². The first-order valence-corrected chi connectivity index (χ1v) is 6.32. The fourth-order valence-electron chi connectivity index (χ4n) is 1.60. The largest absolute Gasteiger partial charge is 0.385 e. The molecule has 0 aliphatic carbocycles. The Morgan fingerprint density at radius 3 is 2.70 bits per heavy atom. The summed E-state index contributed by atoms with van der Waals surface area (Å²) >= 11 is 0. The number of nitrogens with two attached hydrogens (primary N) is 1. The van der Waals surface area contributed by atoms with Crippen LogP contribution in [0.3, 0.4) is 0 Å². The van der Waals surface area contributed by atoms with E-state index in [0.29, 0.717) is 24.3 Å². The lowest BCUT2D eigenvalue weighted by atomic mass is 10.1. The van der Waals surface area contributed by atoms with Gasteiger partial charge in [0, 0.05) is 39.1 Å². The Bertz CT molecular complexity index is 474. The van der Waals surface area contributed by atoms with Crippen LogP contribution in [-0.4, -0.2) is 50.6 Å². The number of methoxy groups -OCH3 is 1. The van der Waals surface area contributed by atoms with Gasteiger partial charge >= 0.3 is 0 Å². The molecule has 0 aromatic heterocycles. The highest BCUT2D eigenvalue weighted by Gasteiger charge is 2.14. The third-order valence-corrected chi connectivity index (χ3v) is 2.75. The first kappa shape index (κ1) is 16.1. The second-order valence-corrected chi connectivity index (χ2v) is 4.66. The Hall–Kier alpha value is -1.92. The van der Waals surface area contributed by atoms with Gasteiger partial charge in [0.1, 0.15) is 0 Å². The van der Waals surface area contributed by atoms with Gasteiger partial charge < -0.3 is 20.7 Å². The second-order valence-electron chi connectivity index (χ2n) is 4.66. The van der Waals surface area contributed by atoms with Crippen LogP contribution in [0.15, 0.2) is 24.3 Å². The first-order valence-electron chi connectivity index (χ1n) is 6.32. The maximum atomic E-state index is 11.8. The molecule has 0 aliphatic heterocycles. The highest BCUT2D eigenvalue weighted by atomic mass is 16.5. The summed E-state index contributed by atoms with van der Waals surface area (Å²) in [5.41, 5.74) is 6.79. The summed E-state index contributed by atoms with van der Waals surface area (Å²) in [7, 11) is 4.91. The van der Waals surface area contributed by atoms with E-state index in [0.717, 1.165) is 0 Å². The molecule has 0 radical (unpaired) electrons. The van der Waals surface area contributed by atoms with Crippen LogP contribution in [0.1, 0.15) is 16.8 Å². The zero-order chi connectivity index (χ0) is 15.1. The van der Waals surface area contributed by atoms with Crippen LogP contribution < -0.4 is 11.1 Å². The van der Waals surface area contributed by atoms with Crippen LogP contribution in [-0.2, 0) is 9.53 Å². The number of anilines is 1. The predicted octanol–water partition coefficient (Wildman–Crippen LogP) is 0.691. The van der Waals surface area contributed by atoms with E-state index in [1.54, 1.807) is 45.5 Å². The summed E-state index contributed by atoms with van der Waals surface area (Å²) in [5.74, 6) is -0.415. The van der Waals surface area contributed by atoms with Crippen molar-refractivity contribution in [2.75, 3.05) is 33.1 Å². The molecule has 0 fully saturated rings. The molecule has 1 atom stereocenters. The fourth-order valence-corrected chi connectivity index (χ4v) is 1.60. The average Bonchev–Trinajstić information content (AvgIpc) is 2.43. The van der Waals surface area contributed by atoms with Crippen molar-refractivity contribution in [1.82, 2.24) is 4.90 Å². The van der Waals surface area contributed by atoms with Gasteiger partial charge in [-0.15, -0.1) is 0 Å². The van der Waals surface area contributed by atoms with E-state index >= 15 is 0 Å². The van der Waals surface area contributed by atoms with E-state index in [9.17, 15) is 9.59 Å². The summed E-state index contributed by atoms with van der Waals surface area (Å²) in [4.78, 5) is 25.2. The number of rotatable bonds is 6. The molecule has 0 heterocycles. The standard InChI is InChI=1S/C14H21N3O3/c1-17(2)14(19)10-5-4-6-11(9-10)16-13(18)12(15)7-8-20-3/h4-6,9,12H,7-8,15H2,1-3H3,(H,16,18). The summed E-state index contributed by atoms with van der Waals surface area (Å²) in [5, 5.41) is 2.69. The van der Waals surface area contributed by atoms with E-state index in [4.69, 9.17) is 10.5 Å². The quantitative estimate of drug-likeness (QED) is 0.802. The Kier molecular flexibility index (Phi) is 6.14. The highest BCUT2D eigenvalue weighted by Crippen LogP contribution is 2.12. The average molecular weight is 279 g/mol. The van der Waals surface area contributed by atoms with Gasteiger partial charge in [-0.25, -0.2) is 0 Å². The maximum Gasteiger partial charge on any atom is 0.253 e. The molecule has 0 spiro atoms. The van der Waals surface area contributed by atoms with Gasteiger partial charge in [-0.1, -0.05) is 6.07 Å². The smallest absolute Gasteiger partial charge is 0.253 e. The van der Waals surface area contributed by atoms with Gasteiger partial charge in [0.15, 0.2) is 0 Å². The van der Waals surface area contributed by atoms with Gasteiger partial charge in [0.05, 0.1) is 6.04 Å². The minimum absolute atomic E-state index is 0.121. The van der Waals surface area contributed by atoms with Crippen molar-refractivity contribution in [3.05, 3.63) is 29.8 Å². The van der Waals surface area contributed by atoms with Crippen molar-refractivity contribution in [3.63, 3.8) is 0 Å². The highest BCUT2D eigenvalue weighted by molar-refractivity contribution is 5.98. The third kappa shape index (κ3) is 4.64. The number of carbonyl (C=O) groups is 2. The normalized spacial score (nSPS) is 11.8. The van der Waals surface area contributed by atoms with Crippen molar-refractivity contribution in [3.8, 4) is 0 Å². The number of amides is 2. The van der Waals surface area contributed by atoms with Crippen LogP contribution in [0, 0.1) is 0 Å². The number of hydrogen-bond donors (Lipinski definition) is 2. The van der Waals surface area contributed by atoms with Crippen molar-refractivity contribution >= 4 is 17.5 Å². The lowest BCUT2D eigenvalue weighted by Crippen LogP contribution is -2.36. The van der Waals surface area contributed by atoms with Crippen molar-refractivity contribution < 1.29 is 14.3 Å². The number of carbonyl (C=O) groups excluding carboxylic acids is 2. The van der Waals surface area contributed by atoms with Crippen LogP contribution in [0.4, 0.5) is 5.69 Å². The molecule has 1 unspecified atom stereocenters. The Labute approximate surface area is 118 Å². The molecule has 20 heavy (non-hydrogen) atoms. The molecule has 0 bridgehead atoms. The zero-order valence-corrected chi connectivity index (χ0v) is 12.1. The van der Waals surface area contributed by atoms with Gasteiger partial charge in [-0.2, -0.15) is 0 Å². The van der Waals surface area contributed by atoms with Crippen molar-refractivity contribution in [2.45, 2.75) is 12.5 Å². The van der Waals surface area contributed by atoms with Gasteiger partial charge in [-0.05, 0) is 24.6 Å². The number of benzene rings is 1. The Balaban J connectivity index is 2.71. The van der Waals surface area contributed by atoms with Crippen LogP contribution in [0.2, 0.25) is 0 Å². The summed E-state index contributed by atoms with van der Waals surface area (Å²) < 4.78 is 4.88. The minimum atomic E-state index is -0.636. The number of ether oxygens (including phenoxy) is 1. The lowest BCUT2D eigenvalue weighted by Gasteiger charge is -2.14. The van der Waals surface area contributed by atoms with E-state index in [1.807, 2.05) is 0 Å². The van der Waals surface area contributed by atoms with Crippen LogP contribution in [0.25, 0.3) is 0 Å². The molecule has 6 nitrogen and oxygen atoms in total. The molecule has 1 aromatic carbocycles. The van der Waals surface area contributed by atoms with Crippen molar-refractivity contribution in [1.29, 1.82) is 0 Å². The summed E-state index contributed by atoms with van der Waals surface area (Å²) in [6.07, 6.45) is 0.443. The molecular formula is C14H21N3O3. The topological polar surface area (TPSA) is 84.7 Å².